The average Bonchev–Trinajstić information content (AvgIpc) is 2.94. The maximum atomic E-state index is 11.0. The molecule has 98 valence electrons. The first-order chi connectivity index (χ1) is 9.21. The molecule has 1 amide bonds. The quantitative estimate of drug-likeness (QED) is 0.872. The van der Waals surface area contributed by atoms with E-state index in [2.05, 4.69) is 10.3 Å². The van der Waals surface area contributed by atoms with E-state index in [1.807, 2.05) is 12.1 Å². The highest BCUT2D eigenvalue weighted by molar-refractivity contribution is 5.92. The van der Waals surface area contributed by atoms with Gasteiger partial charge in [-0.25, -0.2) is 4.98 Å². The summed E-state index contributed by atoms with van der Waals surface area (Å²) >= 11 is 0. The van der Waals surface area contributed by atoms with Crippen molar-refractivity contribution < 1.29 is 9.21 Å². The first kappa shape index (κ1) is 14.4. The molecule has 0 fully saturated rings. The van der Waals surface area contributed by atoms with Crippen LogP contribution < -0.4 is 11.1 Å². The highest BCUT2D eigenvalue weighted by Crippen LogP contribution is 2.20. The summed E-state index contributed by atoms with van der Waals surface area (Å²) in [6, 6.07) is 9.00. The zero-order valence-corrected chi connectivity index (χ0v) is 10.5. The third kappa shape index (κ3) is 4.61. The Morgan fingerprint density at radius 3 is 2.58 bits per heavy atom. The molecule has 0 saturated carbocycles. The van der Waals surface area contributed by atoms with Gasteiger partial charge in [0.25, 0.3) is 0 Å². The number of hydrogen-bond acceptors (Lipinski definition) is 5. The lowest BCUT2D eigenvalue weighted by atomic mass is 10.2. The van der Waals surface area contributed by atoms with Crippen molar-refractivity contribution in [3.63, 3.8) is 0 Å². The summed E-state index contributed by atoms with van der Waals surface area (Å²) in [7, 11) is 0. The van der Waals surface area contributed by atoms with E-state index in [4.69, 9.17) is 15.4 Å². The first-order valence-electron chi connectivity index (χ1n) is 5.51. The molecule has 2 aromatic rings. The Balaban J connectivity index is 0.000000550. The molecule has 0 saturated heterocycles. The molecule has 19 heavy (non-hydrogen) atoms. The SMILES string of the molecule is CC#N.NCC(=O)Nc1ccc(-c2cnco2)cc1. The van der Waals surface area contributed by atoms with E-state index in [0.29, 0.717) is 11.4 Å². The van der Waals surface area contributed by atoms with Gasteiger partial charge in [-0.05, 0) is 24.3 Å². The molecule has 1 aromatic carbocycles. The van der Waals surface area contributed by atoms with Crippen LogP contribution >= 0.6 is 0 Å². The van der Waals surface area contributed by atoms with Gasteiger partial charge in [0.2, 0.25) is 5.91 Å². The van der Waals surface area contributed by atoms with Gasteiger partial charge in [-0.3, -0.25) is 4.79 Å². The summed E-state index contributed by atoms with van der Waals surface area (Å²) < 4.78 is 5.14. The first-order valence-corrected chi connectivity index (χ1v) is 5.51. The largest absolute Gasteiger partial charge is 0.444 e. The van der Waals surface area contributed by atoms with Crippen molar-refractivity contribution in [3.05, 3.63) is 36.9 Å². The molecule has 6 nitrogen and oxygen atoms in total. The number of aromatic nitrogens is 1. The number of nitrogens with two attached hydrogens (primary N) is 1. The number of carbonyl (C=O) groups excluding carboxylic acids is 1. The number of nitrogens with zero attached hydrogens (tertiary/aromatic N) is 2. The molecular weight excluding hydrogens is 244 g/mol. The van der Waals surface area contributed by atoms with Crippen LogP contribution in [0.5, 0.6) is 0 Å². The van der Waals surface area contributed by atoms with Gasteiger partial charge in [-0.15, -0.1) is 0 Å². The van der Waals surface area contributed by atoms with Gasteiger partial charge >= 0.3 is 0 Å². The number of nitriles is 1. The lowest BCUT2D eigenvalue weighted by Gasteiger charge is -2.03. The third-order valence-corrected chi connectivity index (χ3v) is 2.07. The number of hydrogen-bond donors (Lipinski definition) is 2. The standard InChI is InChI=1S/C11H11N3O2.C2H3N/c12-5-11(15)14-9-3-1-8(2-4-9)10-6-13-7-16-10;1-2-3/h1-4,6-7H,5,12H2,(H,14,15);1H3. The summed E-state index contributed by atoms with van der Waals surface area (Å²) in [4.78, 5) is 14.9. The van der Waals surface area contributed by atoms with Gasteiger partial charge in [0.05, 0.1) is 18.8 Å². The maximum absolute atomic E-state index is 11.0. The zero-order chi connectivity index (χ0) is 14.1. The number of rotatable bonds is 3. The summed E-state index contributed by atoms with van der Waals surface area (Å²) in [5.41, 5.74) is 6.80. The van der Waals surface area contributed by atoms with E-state index in [1.54, 1.807) is 24.4 Å². The fourth-order valence-corrected chi connectivity index (χ4v) is 1.29. The molecule has 0 atom stereocenters. The van der Waals surface area contributed by atoms with E-state index in [1.165, 1.54) is 13.3 Å². The molecule has 3 N–H and O–H groups in total. The minimum atomic E-state index is -0.215. The highest BCUT2D eigenvalue weighted by atomic mass is 16.3. The van der Waals surface area contributed by atoms with Crippen LogP contribution in [0.2, 0.25) is 0 Å². The number of benzene rings is 1. The fourth-order valence-electron chi connectivity index (χ4n) is 1.29. The monoisotopic (exact) mass is 258 g/mol. The Morgan fingerprint density at radius 1 is 1.47 bits per heavy atom. The average molecular weight is 258 g/mol. The minimum absolute atomic E-state index is 0.0240. The molecule has 0 unspecified atom stereocenters. The van der Waals surface area contributed by atoms with Crippen LogP contribution in [0.25, 0.3) is 11.3 Å². The van der Waals surface area contributed by atoms with Crippen molar-refractivity contribution >= 4 is 11.6 Å². The van der Waals surface area contributed by atoms with Crippen LogP contribution in [-0.4, -0.2) is 17.4 Å². The van der Waals surface area contributed by atoms with Crippen LogP contribution in [0, 0.1) is 11.3 Å². The van der Waals surface area contributed by atoms with Crippen molar-refractivity contribution in [2.24, 2.45) is 5.73 Å². The minimum Gasteiger partial charge on any atom is -0.444 e. The normalized spacial score (nSPS) is 8.89. The van der Waals surface area contributed by atoms with E-state index >= 15 is 0 Å². The Hall–Kier alpha value is -2.65. The summed E-state index contributed by atoms with van der Waals surface area (Å²) in [5.74, 6) is 0.476. The van der Waals surface area contributed by atoms with Crippen molar-refractivity contribution in [2.75, 3.05) is 11.9 Å². The van der Waals surface area contributed by atoms with Gasteiger partial charge in [-0.2, -0.15) is 5.26 Å². The van der Waals surface area contributed by atoms with Gasteiger partial charge in [0, 0.05) is 18.2 Å². The van der Waals surface area contributed by atoms with Gasteiger partial charge in [0.15, 0.2) is 12.2 Å². The molecule has 1 aromatic heterocycles. The fraction of sp³-hybridized carbons (Fsp3) is 0.154. The Labute approximate surface area is 110 Å². The Kier molecular flexibility index (Phi) is 5.79. The summed E-state index contributed by atoms with van der Waals surface area (Å²) in [6.45, 7) is 1.41. The summed E-state index contributed by atoms with van der Waals surface area (Å²) in [6.07, 6.45) is 3.01. The molecular formula is C13H14N4O2. The molecule has 2 rings (SSSR count). The van der Waals surface area contributed by atoms with Gasteiger partial charge in [-0.1, -0.05) is 0 Å². The predicted molar refractivity (Wildman–Crippen MR) is 70.9 cm³/mol. The van der Waals surface area contributed by atoms with Crippen molar-refractivity contribution in [1.29, 1.82) is 5.26 Å². The second-order valence-corrected chi connectivity index (χ2v) is 3.42. The number of anilines is 1. The van der Waals surface area contributed by atoms with Crippen LogP contribution in [0.3, 0.4) is 0 Å². The number of nitrogens with one attached hydrogen (secondary N) is 1. The topological polar surface area (TPSA) is 105 Å². The number of amides is 1. The highest BCUT2D eigenvalue weighted by Gasteiger charge is 2.02. The smallest absolute Gasteiger partial charge is 0.238 e. The van der Waals surface area contributed by atoms with E-state index in [9.17, 15) is 4.79 Å². The third-order valence-electron chi connectivity index (χ3n) is 2.07. The molecule has 0 spiro atoms. The Bertz CT molecular complexity index is 541. The maximum Gasteiger partial charge on any atom is 0.238 e. The predicted octanol–water partition coefficient (Wildman–Crippen LogP) is 1.77. The molecule has 1 heterocycles. The van der Waals surface area contributed by atoms with Gasteiger partial charge < -0.3 is 15.5 Å². The number of oxazole rings is 1. The van der Waals surface area contributed by atoms with Crippen LogP contribution in [-0.2, 0) is 4.79 Å². The van der Waals surface area contributed by atoms with E-state index in [-0.39, 0.29) is 12.5 Å². The Morgan fingerprint density at radius 2 is 2.11 bits per heavy atom. The number of carbonyl (C=O) groups is 1. The molecule has 6 heteroatoms. The van der Waals surface area contributed by atoms with Crippen LogP contribution in [0.4, 0.5) is 5.69 Å². The second-order valence-electron chi connectivity index (χ2n) is 3.42. The molecule has 0 bridgehead atoms. The lowest BCUT2D eigenvalue weighted by molar-refractivity contribution is -0.114. The van der Waals surface area contributed by atoms with Crippen LogP contribution in [0.1, 0.15) is 6.92 Å². The zero-order valence-electron chi connectivity index (χ0n) is 10.5. The van der Waals surface area contributed by atoms with Crippen molar-refractivity contribution in [1.82, 2.24) is 4.98 Å². The van der Waals surface area contributed by atoms with Gasteiger partial charge in [0.1, 0.15) is 0 Å². The summed E-state index contributed by atoms with van der Waals surface area (Å²) in [5, 5.41) is 9.97. The second kappa shape index (κ2) is 7.63. The lowest BCUT2D eigenvalue weighted by Crippen LogP contribution is -2.21. The van der Waals surface area contributed by atoms with E-state index < -0.39 is 0 Å². The van der Waals surface area contributed by atoms with E-state index in [0.717, 1.165) is 5.56 Å². The van der Waals surface area contributed by atoms with Crippen molar-refractivity contribution in [3.8, 4) is 17.4 Å². The molecule has 0 aliphatic rings. The van der Waals surface area contributed by atoms with Crippen LogP contribution in [0.15, 0.2) is 41.3 Å². The van der Waals surface area contributed by atoms with Crippen molar-refractivity contribution in [2.45, 2.75) is 6.92 Å². The molecule has 0 aliphatic heterocycles. The molecule has 0 radical (unpaired) electrons. The molecule has 0 aliphatic carbocycles.